The summed E-state index contributed by atoms with van der Waals surface area (Å²) < 4.78 is 0.700. The molecule has 0 unspecified atom stereocenters. The summed E-state index contributed by atoms with van der Waals surface area (Å²) in [5.74, 6) is -0.188. The highest BCUT2D eigenvalue weighted by Crippen LogP contribution is 2.19. The predicted octanol–water partition coefficient (Wildman–Crippen LogP) is 2.47. The van der Waals surface area contributed by atoms with E-state index in [1.807, 2.05) is 22.6 Å². The number of carbonyl (C=O) groups is 1. The Morgan fingerprint density at radius 3 is 2.70 bits per heavy atom. The van der Waals surface area contributed by atoms with Crippen molar-refractivity contribution in [1.29, 1.82) is 0 Å². The Morgan fingerprint density at radius 2 is 2.00 bits per heavy atom. The summed E-state index contributed by atoms with van der Waals surface area (Å²) in [4.78, 5) is 11.7. The normalized spacial score (nSPS) is 10.7. The zero-order valence-corrected chi connectivity index (χ0v) is 12.4. The van der Waals surface area contributed by atoms with Crippen LogP contribution in [-0.2, 0) is 0 Å². The van der Waals surface area contributed by atoms with E-state index in [2.05, 4.69) is 10.5 Å². The molecule has 0 fully saturated rings. The first kappa shape index (κ1) is 14.3. The van der Waals surface area contributed by atoms with Gasteiger partial charge in [0.05, 0.1) is 9.78 Å². The monoisotopic (exact) mass is 382 g/mol. The third-order valence-electron chi connectivity index (χ3n) is 2.46. The van der Waals surface area contributed by atoms with Gasteiger partial charge in [0.15, 0.2) is 0 Å². The van der Waals surface area contributed by atoms with E-state index in [9.17, 15) is 15.0 Å². The van der Waals surface area contributed by atoms with Gasteiger partial charge in [-0.05, 0) is 64.6 Å². The third kappa shape index (κ3) is 3.70. The first-order valence-electron chi connectivity index (χ1n) is 5.67. The summed E-state index contributed by atoms with van der Waals surface area (Å²) in [6.45, 7) is 0. The second-order valence-electron chi connectivity index (χ2n) is 3.96. The van der Waals surface area contributed by atoms with Crippen LogP contribution in [0.15, 0.2) is 47.6 Å². The molecule has 0 aliphatic rings. The maximum Gasteiger partial charge on any atom is 0.271 e. The molecule has 0 aliphatic heterocycles. The van der Waals surface area contributed by atoms with E-state index >= 15 is 0 Å². The van der Waals surface area contributed by atoms with Gasteiger partial charge in [-0.2, -0.15) is 5.10 Å². The van der Waals surface area contributed by atoms with Gasteiger partial charge in [-0.15, -0.1) is 0 Å². The number of nitrogens with zero attached hydrogens (tertiary/aromatic N) is 1. The maximum absolute atomic E-state index is 11.7. The molecule has 0 aliphatic carbocycles. The molecule has 3 N–H and O–H groups in total. The van der Waals surface area contributed by atoms with Crippen molar-refractivity contribution < 1.29 is 15.0 Å². The van der Waals surface area contributed by atoms with E-state index < -0.39 is 5.91 Å². The Hall–Kier alpha value is -2.09. The van der Waals surface area contributed by atoms with Crippen LogP contribution in [0.25, 0.3) is 0 Å². The molecule has 0 bridgehead atoms. The summed E-state index contributed by atoms with van der Waals surface area (Å²) in [5.41, 5.74) is 3.44. The lowest BCUT2D eigenvalue weighted by molar-refractivity contribution is 0.0954. The second kappa shape index (κ2) is 6.38. The largest absolute Gasteiger partial charge is 0.508 e. The van der Waals surface area contributed by atoms with Crippen LogP contribution in [0, 0.1) is 3.57 Å². The van der Waals surface area contributed by atoms with Crippen LogP contribution in [0.3, 0.4) is 0 Å². The van der Waals surface area contributed by atoms with Gasteiger partial charge < -0.3 is 10.2 Å². The average molecular weight is 382 g/mol. The van der Waals surface area contributed by atoms with Crippen molar-refractivity contribution in [2.24, 2.45) is 5.10 Å². The molecule has 1 amide bonds. The number of carbonyl (C=O) groups excluding carboxylic acids is 1. The molecule has 0 spiro atoms. The minimum Gasteiger partial charge on any atom is -0.508 e. The number of nitrogens with one attached hydrogen (secondary N) is 1. The van der Waals surface area contributed by atoms with E-state index in [1.165, 1.54) is 18.3 Å². The van der Waals surface area contributed by atoms with Crippen LogP contribution in [-0.4, -0.2) is 22.3 Å². The van der Waals surface area contributed by atoms with E-state index in [4.69, 9.17) is 0 Å². The minimum absolute atomic E-state index is 0.0229. The highest BCUT2D eigenvalue weighted by Gasteiger charge is 2.04. The molecule has 0 radical (unpaired) electrons. The lowest BCUT2D eigenvalue weighted by Crippen LogP contribution is -2.17. The van der Waals surface area contributed by atoms with Crippen molar-refractivity contribution in [3.05, 3.63) is 57.2 Å². The van der Waals surface area contributed by atoms with E-state index in [1.54, 1.807) is 30.3 Å². The van der Waals surface area contributed by atoms with Crippen LogP contribution < -0.4 is 5.43 Å². The van der Waals surface area contributed by atoms with Crippen molar-refractivity contribution >= 4 is 34.7 Å². The van der Waals surface area contributed by atoms with Gasteiger partial charge in [0, 0.05) is 5.56 Å². The lowest BCUT2D eigenvalue weighted by Gasteiger charge is -2.01. The van der Waals surface area contributed by atoms with Crippen molar-refractivity contribution in [3.8, 4) is 11.5 Å². The average Bonchev–Trinajstić information content (AvgIpc) is 2.42. The summed E-state index contributed by atoms with van der Waals surface area (Å²) in [7, 11) is 0. The predicted molar refractivity (Wildman–Crippen MR) is 84.0 cm³/mol. The van der Waals surface area contributed by atoms with Crippen molar-refractivity contribution in [2.45, 2.75) is 0 Å². The molecule has 2 rings (SSSR count). The number of phenols is 2. The van der Waals surface area contributed by atoms with Crippen LogP contribution in [0.2, 0.25) is 0 Å². The fourth-order valence-corrected chi connectivity index (χ4v) is 2.02. The van der Waals surface area contributed by atoms with E-state index in [0.29, 0.717) is 9.13 Å². The standard InChI is InChI=1S/C14H11IN2O3/c15-12-6-9(4-5-13(12)19)8-16-17-14(20)10-2-1-3-11(18)7-10/h1-8,18-19H,(H,17,20)/b16-8+. The molecular formula is C14H11IN2O3. The van der Waals surface area contributed by atoms with Crippen LogP contribution in [0.5, 0.6) is 11.5 Å². The van der Waals surface area contributed by atoms with Gasteiger partial charge in [0.1, 0.15) is 11.5 Å². The quantitative estimate of drug-likeness (QED) is 0.434. The summed E-state index contributed by atoms with van der Waals surface area (Å²) in [6, 6.07) is 11.0. The highest BCUT2D eigenvalue weighted by atomic mass is 127. The molecule has 0 atom stereocenters. The zero-order chi connectivity index (χ0) is 14.5. The van der Waals surface area contributed by atoms with Gasteiger partial charge in [0.25, 0.3) is 5.91 Å². The number of hydrogen-bond acceptors (Lipinski definition) is 4. The fourth-order valence-electron chi connectivity index (χ4n) is 1.48. The molecule has 2 aromatic carbocycles. The molecule has 6 heteroatoms. The number of aromatic hydroxyl groups is 2. The zero-order valence-electron chi connectivity index (χ0n) is 10.2. The molecule has 20 heavy (non-hydrogen) atoms. The van der Waals surface area contributed by atoms with Crippen LogP contribution in [0.1, 0.15) is 15.9 Å². The first-order valence-corrected chi connectivity index (χ1v) is 6.75. The van der Waals surface area contributed by atoms with Gasteiger partial charge in [0.2, 0.25) is 0 Å². The number of phenolic OH excluding ortho intramolecular Hbond substituents is 2. The summed E-state index contributed by atoms with van der Waals surface area (Å²) in [5, 5.41) is 22.5. The maximum atomic E-state index is 11.7. The summed E-state index contributed by atoms with van der Waals surface area (Å²) >= 11 is 2.00. The Bertz CT molecular complexity index is 671. The molecule has 2 aromatic rings. The Balaban J connectivity index is 2.02. The number of benzene rings is 2. The lowest BCUT2D eigenvalue weighted by atomic mass is 10.2. The fraction of sp³-hybridized carbons (Fsp3) is 0. The minimum atomic E-state index is -0.411. The van der Waals surface area contributed by atoms with Gasteiger partial charge >= 0.3 is 0 Å². The SMILES string of the molecule is O=C(N/N=C/c1ccc(O)c(I)c1)c1cccc(O)c1. The van der Waals surface area contributed by atoms with E-state index in [-0.39, 0.29) is 11.5 Å². The molecular weight excluding hydrogens is 371 g/mol. The van der Waals surface area contributed by atoms with E-state index in [0.717, 1.165) is 5.56 Å². The van der Waals surface area contributed by atoms with Gasteiger partial charge in [-0.3, -0.25) is 4.79 Å². The molecule has 0 saturated heterocycles. The van der Waals surface area contributed by atoms with Gasteiger partial charge in [-0.25, -0.2) is 5.43 Å². The Morgan fingerprint density at radius 1 is 1.20 bits per heavy atom. The van der Waals surface area contributed by atoms with Crippen molar-refractivity contribution in [3.63, 3.8) is 0 Å². The molecule has 0 heterocycles. The number of amides is 1. The number of hydrazone groups is 1. The first-order chi connectivity index (χ1) is 9.56. The van der Waals surface area contributed by atoms with Crippen LogP contribution >= 0.6 is 22.6 Å². The Labute approximate surface area is 129 Å². The number of hydrogen-bond donors (Lipinski definition) is 3. The van der Waals surface area contributed by atoms with Crippen LogP contribution in [0.4, 0.5) is 0 Å². The second-order valence-corrected chi connectivity index (χ2v) is 5.12. The summed E-state index contributed by atoms with van der Waals surface area (Å²) in [6.07, 6.45) is 1.47. The molecule has 0 saturated carbocycles. The number of rotatable bonds is 3. The van der Waals surface area contributed by atoms with Crippen molar-refractivity contribution in [1.82, 2.24) is 5.43 Å². The van der Waals surface area contributed by atoms with Gasteiger partial charge in [-0.1, -0.05) is 6.07 Å². The molecule has 102 valence electrons. The third-order valence-corrected chi connectivity index (χ3v) is 3.32. The highest BCUT2D eigenvalue weighted by molar-refractivity contribution is 14.1. The number of halogens is 1. The van der Waals surface area contributed by atoms with Crippen molar-refractivity contribution in [2.75, 3.05) is 0 Å². The molecule has 0 aromatic heterocycles. The Kier molecular flexibility index (Phi) is 4.57. The smallest absolute Gasteiger partial charge is 0.271 e. The topological polar surface area (TPSA) is 81.9 Å². The molecule has 5 nitrogen and oxygen atoms in total.